The van der Waals surface area contributed by atoms with E-state index >= 15 is 0 Å². The van der Waals surface area contributed by atoms with Crippen molar-refractivity contribution in [3.8, 4) is 0 Å². The van der Waals surface area contributed by atoms with Gasteiger partial charge in [-0.25, -0.2) is 0 Å². The quantitative estimate of drug-likeness (QED) is 0.826. The first kappa shape index (κ1) is 17.2. The molecule has 2 heterocycles. The van der Waals surface area contributed by atoms with Crippen molar-refractivity contribution in [3.05, 3.63) is 44.8 Å². The Morgan fingerprint density at radius 3 is 1.83 bits per heavy atom. The lowest BCUT2D eigenvalue weighted by atomic mass is 9.80. The maximum atomic E-state index is 12.4. The van der Waals surface area contributed by atoms with Crippen LogP contribution in [-0.2, 0) is 22.7 Å². The molecule has 2 N–H and O–H groups in total. The van der Waals surface area contributed by atoms with Gasteiger partial charge in [0.2, 0.25) is 11.8 Å². The Balaban J connectivity index is 1.46. The maximum absolute atomic E-state index is 12.4. The highest BCUT2D eigenvalue weighted by Crippen LogP contribution is 2.29. The first-order chi connectivity index (χ1) is 11.7. The molecule has 4 nitrogen and oxygen atoms in total. The summed E-state index contributed by atoms with van der Waals surface area (Å²) in [5.41, 5.74) is 0. The van der Waals surface area contributed by atoms with Crippen LogP contribution in [0.15, 0.2) is 35.0 Å². The highest BCUT2D eigenvalue weighted by Gasteiger charge is 2.30. The summed E-state index contributed by atoms with van der Waals surface area (Å²) in [6.07, 6.45) is 3.36. The summed E-state index contributed by atoms with van der Waals surface area (Å²) in [5, 5.41) is 10.0. The van der Waals surface area contributed by atoms with Crippen molar-refractivity contribution >= 4 is 34.5 Å². The molecular weight excluding hydrogens is 340 g/mol. The number of carbonyl (C=O) groups excluding carboxylic acids is 2. The fraction of sp³-hybridized carbons (Fsp3) is 0.444. The van der Waals surface area contributed by atoms with Crippen LogP contribution in [0.3, 0.4) is 0 Å². The molecule has 0 bridgehead atoms. The number of nitrogens with one attached hydrogen (secondary N) is 2. The van der Waals surface area contributed by atoms with Crippen molar-refractivity contribution < 1.29 is 9.59 Å². The Bertz CT molecular complexity index is 596. The zero-order valence-corrected chi connectivity index (χ0v) is 15.1. The molecule has 0 spiro atoms. The molecule has 128 valence electrons. The summed E-state index contributed by atoms with van der Waals surface area (Å²) >= 11 is 3.29. The van der Waals surface area contributed by atoms with Crippen molar-refractivity contribution in [1.29, 1.82) is 0 Å². The molecule has 2 atom stereocenters. The van der Waals surface area contributed by atoms with Gasteiger partial charge < -0.3 is 10.6 Å². The third-order valence-corrected chi connectivity index (χ3v) is 6.20. The van der Waals surface area contributed by atoms with E-state index in [1.807, 2.05) is 35.0 Å². The van der Waals surface area contributed by atoms with Gasteiger partial charge in [0.05, 0.1) is 13.1 Å². The first-order valence-electron chi connectivity index (χ1n) is 8.32. The summed E-state index contributed by atoms with van der Waals surface area (Å²) in [4.78, 5) is 27.1. The number of carbonyl (C=O) groups is 2. The summed E-state index contributed by atoms with van der Waals surface area (Å²) in [5.74, 6) is 0.0747. The fourth-order valence-corrected chi connectivity index (χ4v) is 4.42. The number of thiophene rings is 2. The Kier molecular flexibility index (Phi) is 6.04. The number of hydrogen-bond donors (Lipinski definition) is 2. The Morgan fingerprint density at radius 2 is 1.42 bits per heavy atom. The third-order valence-electron chi connectivity index (χ3n) is 4.45. The summed E-state index contributed by atoms with van der Waals surface area (Å²) in [6.45, 7) is 1.17. The first-order valence-corrected chi connectivity index (χ1v) is 10.1. The second kappa shape index (κ2) is 8.44. The number of hydrogen-bond acceptors (Lipinski definition) is 4. The molecule has 0 radical (unpaired) electrons. The van der Waals surface area contributed by atoms with Crippen LogP contribution in [0.5, 0.6) is 0 Å². The lowest BCUT2D eigenvalue weighted by molar-refractivity contribution is -0.130. The zero-order chi connectivity index (χ0) is 16.8. The Labute approximate surface area is 150 Å². The molecule has 1 aliphatic rings. The second-order valence-corrected chi connectivity index (χ2v) is 8.22. The molecule has 2 aromatic heterocycles. The lowest BCUT2D eigenvalue weighted by Gasteiger charge is -2.27. The summed E-state index contributed by atoms with van der Waals surface area (Å²) < 4.78 is 0. The average Bonchev–Trinajstić information content (AvgIpc) is 3.31. The van der Waals surface area contributed by atoms with Crippen LogP contribution >= 0.6 is 22.7 Å². The molecule has 3 rings (SSSR count). The van der Waals surface area contributed by atoms with Crippen LogP contribution in [0.25, 0.3) is 0 Å². The van der Waals surface area contributed by atoms with E-state index in [-0.39, 0.29) is 23.7 Å². The van der Waals surface area contributed by atoms with E-state index in [1.165, 1.54) is 0 Å². The molecule has 1 saturated carbocycles. The van der Waals surface area contributed by atoms with Gasteiger partial charge in [-0.15, -0.1) is 22.7 Å². The molecule has 0 aliphatic heterocycles. The minimum atomic E-state index is -0.0452. The van der Waals surface area contributed by atoms with E-state index < -0.39 is 0 Å². The van der Waals surface area contributed by atoms with Gasteiger partial charge in [0.25, 0.3) is 0 Å². The normalized spacial score (nSPS) is 20.5. The Morgan fingerprint density at radius 1 is 0.917 bits per heavy atom. The van der Waals surface area contributed by atoms with Gasteiger partial charge >= 0.3 is 0 Å². The van der Waals surface area contributed by atoms with Gasteiger partial charge in [0, 0.05) is 21.6 Å². The van der Waals surface area contributed by atoms with Crippen LogP contribution in [0.4, 0.5) is 0 Å². The predicted octanol–water partition coefficient (Wildman–Crippen LogP) is 3.55. The molecule has 0 saturated heterocycles. The van der Waals surface area contributed by atoms with Crippen LogP contribution in [-0.4, -0.2) is 11.8 Å². The van der Waals surface area contributed by atoms with Gasteiger partial charge in [0.15, 0.2) is 0 Å². The SMILES string of the molecule is O=C(NCc1cccs1)[C@@H]1CCC[C@H](C(=O)NCc2cccs2)C1. The van der Waals surface area contributed by atoms with Crippen molar-refractivity contribution in [1.82, 2.24) is 10.6 Å². The van der Waals surface area contributed by atoms with Crippen molar-refractivity contribution in [2.24, 2.45) is 11.8 Å². The minimum absolute atomic E-state index is 0.0452. The third kappa shape index (κ3) is 4.68. The van der Waals surface area contributed by atoms with Crippen LogP contribution in [0.2, 0.25) is 0 Å². The van der Waals surface area contributed by atoms with E-state index in [4.69, 9.17) is 0 Å². The van der Waals surface area contributed by atoms with Gasteiger partial charge in [-0.1, -0.05) is 18.6 Å². The van der Waals surface area contributed by atoms with Crippen molar-refractivity contribution in [3.63, 3.8) is 0 Å². The predicted molar refractivity (Wildman–Crippen MR) is 97.8 cm³/mol. The largest absolute Gasteiger partial charge is 0.351 e. The molecule has 1 aliphatic carbocycles. The molecule has 0 aromatic carbocycles. The van der Waals surface area contributed by atoms with E-state index in [0.717, 1.165) is 29.0 Å². The molecule has 2 aromatic rings. The van der Waals surface area contributed by atoms with Crippen molar-refractivity contribution in [2.45, 2.75) is 38.8 Å². The maximum Gasteiger partial charge on any atom is 0.223 e. The van der Waals surface area contributed by atoms with E-state index in [1.54, 1.807) is 22.7 Å². The fourth-order valence-electron chi connectivity index (χ4n) is 3.13. The van der Waals surface area contributed by atoms with Gasteiger partial charge in [0.1, 0.15) is 0 Å². The van der Waals surface area contributed by atoms with Crippen LogP contribution in [0, 0.1) is 11.8 Å². The topological polar surface area (TPSA) is 58.2 Å². The molecule has 0 unspecified atom stereocenters. The van der Waals surface area contributed by atoms with Crippen LogP contribution < -0.4 is 10.6 Å². The Hall–Kier alpha value is -1.66. The van der Waals surface area contributed by atoms with Crippen LogP contribution in [0.1, 0.15) is 35.4 Å². The zero-order valence-electron chi connectivity index (χ0n) is 13.5. The molecule has 1 fully saturated rings. The highest BCUT2D eigenvalue weighted by atomic mass is 32.1. The molecular formula is C18H22N2O2S2. The monoisotopic (exact) mass is 362 g/mol. The van der Waals surface area contributed by atoms with Gasteiger partial charge in [-0.05, 0) is 42.2 Å². The highest BCUT2D eigenvalue weighted by molar-refractivity contribution is 7.10. The molecule has 6 heteroatoms. The smallest absolute Gasteiger partial charge is 0.223 e. The average molecular weight is 363 g/mol. The molecule has 2 amide bonds. The number of rotatable bonds is 6. The van der Waals surface area contributed by atoms with E-state index in [0.29, 0.717) is 19.5 Å². The van der Waals surface area contributed by atoms with E-state index in [2.05, 4.69) is 10.6 Å². The van der Waals surface area contributed by atoms with Crippen molar-refractivity contribution in [2.75, 3.05) is 0 Å². The standard InChI is InChI=1S/C18H22N2O2S2/c21-17(19-11-15-6-2-8-23-15)13-4-1-5-14(10-13)18(22)20-12-16-7-3-9-24-16/h2-3,6-9,13-14H,1,4-5,10-12H2,(H,19,21)(H,20,22)/t13-,14+. The summed E-state index contributed by atoms with van der Waals surface area (Å²) in [6, 6.07) is 8.01. The minimum Gasteiger partial charge on any atom is -0.351 e. The van der Waals surface area contributed by atoms with E-state index in [9.17, 15) is 9.59 Å². The van der Waals surface area contributed by atoms with Gasteiger partial charge in [-0.3, -0.25) is 9.59 Å². The van der Waals surface area contributed by atoms with Gasteiger partial charge in [-0.2, -0.15) is 0 Å². The second-order valence-electron chi connectivity index (χ2n) is 6.15. The summed E-state index contributed by atoms with van der Waals surface area (Å²) in [7, 11) is 0. The molecule has 24 heavy (non-hydrogen) atoms. The lowest BCUT2D eigenvalue weighted by Crippen LogP contribution is -2.38. The number of amides is 2.